The van der Waals surface area contributed by atoms with E-state index < -0.39 is 6.29 Å². The molecule has 0 aliphatic carbocycles. The fraction of sp³-hybridized carbons (Fsp3) is 0.707. The molecule has 0 radical (unpaired) electrons. The van der Waals surface area contributed by atoms with Gasteiger partial charge in [0, 0.05) is 46.8 Å². The second-order valence-corrected chi connectivity index (χ2v) is 13.2. The lowest BCUT2D eigenvalue weighted by molar-refractivity contribution is -0.183. The second kappa shape index (κ2) is 28.5. The summed E-state index contributed by atoms with van der Waals surface area (Å²) in [6.45, 7) is 20.1. The minimum absolute atomic E-state index is 0.0171. The van der Waals surface area contributed by atoms with Crippen molar-refractivity contribution in [2.45, 2.75) is 106 Å². The average Bonchev–Trinajstić information content (AvgIpc) is 3.10. The highest BCUT2D eigenvalue weighted by Crippen LogP contribution is 2.27. The SMILES string of the molecule is CCOC(CO[C@H](CCO)[C@@H](Cc1ccc(F)cc1)C(C)C)OCC.CCOC(CO[C@H](CCOC)[C@@H](Cc1ccc(F)cc1)C(C)C)OCC. The van der Waals surface area contributed by atoms with Gasteiger partial charge in [-0.1, -0.05) is 52.0 Å². The first kappa shape index (κ1) is 47.0. The Bertz CT molecular complexity index is 1070. The molecule has 0 fully saturated rings. The van der Waals surface area contributed by atoms with Crippen molar-refractivity contribution < 1.29 is 47.0 Å². The van der Waals surface area contributed by atoms with Gasteiger partial charge in [0.05, 0.1) is 25.4 Å². The first-order chi connectivity index (χ1) is 24.5. The predicted molar refractivity (Wildman–Crippen MR) is 199 cm³/mol. The Morgan fingerprint density at radius 1 is 0.549 bits per heavy atom. The highest BCUT2D eigenvalue weighted by molar-refractivity contribution is 5.18. The number of benzene rings is 2. The number of hydrogen-bond donors (Lipinski definition) is 1. The molecule has 0 aromatic heterocycles. The van der Waals surface area contributed by atoms with Gasteiger partial charge in [-0.25, -0.2) is 8.78 Å². The van der Waals surface area contributed by atoms with Crippen molar-refractivity contribution in [3.05, 3.63) is 71.3 Å². The maximum atomic E-state index is 13.2. The third kappa shape index (κ3) is 20.1. The van der Waals surface area contributed by atoms with Gasteiger partial charge in [0.15, 0.2) is 12.6 Å². The summed E-state index contributed by atoms with van der Waals surface area (Å²) in [5.74, 6) is 0.836. The Labute approximate surface area is 307 Å². The number of aliphatic hydroxyl groups excluding tert-OH is 1. The third-order valence-corrected chi connectivity index (χ3v) is 8.76. The Morgan fingerprint density at radius 3 is 1.20 bits per heavy atom. The number of ether oxygens (including phenoxy) is 7. The second-order valence-electron chi connectivity index (χ2n) is 13.2. The van der Waals surface area contributed by atoms with Crippen molar-refractivity contribution in [2.24, 2.45) is 23.7 Å². The van der Waals surface area contributed by atoms with E-state index in [2.05, 4.69) is 27.7 Å². The highest BCUT2D eigenvalue weighted by Gasteiger charge is 2.28. The minimum Gasteiger partial charge on any atom is -0.396 e. The molecule has 0 heterocycles. The summed E-state index contributed by atoms with van der Waals surface area (Å²) < 4.78 is 66.2. The van der Waals surface area contributed by atoms with Crippen molar-refractivity contribution in [3.8, 4) is 0 Å². The molecular formula is C41H68F2O8. The van der Waals surface area contributed by atoms with Crippen LogP contribution in [0.15, 0.2) is 48.5 Å². The molecule has 0 spiro atoms. The Balaban J connectivity index is 0.000000510. The molecule has 2 rings (SSSR count). The molecule has 51 heavy (non-hydrogen) atoms. The van der Waals surface area contributed by atoms with E-state index >= 15 is 0 Å². The number of aliphatic hydroxyl groups is 1. The first-order valence-corrected chi connectivity index (χ1v) is 18.8. The van der Waals surface area contributed by atoms with Crippen LogP contribution >= 0.6 is 0 Å². The van der Waals surface area contributed by atoms with Crippen molar-refractivity contribution in [2.75, 3.05) is 60.0 Å². The molecule has 2 aromatic carbocycles. The molecule has 10 heteroatoms. The normalized spacial score (nSPS) is 14.2. The molecule has 0 amide bonds. The lowest BCUT2D eigenvalue weighted by atomic mass is 9.83. The van der Waals surface area contributed by atoms with E-state index in [0.717, 1.165) is 30.4 Å². The summed E-state index contributed by atoms with van der Waals surface area (Å²) in [4.78, 5) is 0. The van der Waals surface area contributed by atoms with Gasteiger partial charge in [-0.2, -0.15) is 0 Å². The number of halogens is 2. The first-order valence-electron chi connectivity index (χ1n) is 18.8. The molecule has 4 atom stereocenters. The Kier molecular flexibility index (Phi) is 26.2. The van der Waals surface area contributed by atoms with Crippen molar-refractivity contribution >= 4 is 0 Å². The van der Waals surface area contributed by atoms with E-state index in [1.54, 1.807) is 7.11 Å². The van der Waals surface area contributed by atoms with E-state index in [-0.39, 0.29) is 42.7 Å². The van der Waals surface area contributed by atoms with Crippen LogP contribution in [0.3, 0.4) is 0 Å². The van der Waals surface area contributed by atoms with Crippen LogP contribution in [0.1, 0.15) is 79.4 Å². The zero-order chi connectivity index (χ0) is 38.0. The van der Waals surface area contributed by atoms with Gasteiger partial charge < -0.3 is 38.3 Å². The molecule has 2 aromatic rings. The van der Waals surface area contributed by atoms with Crippen LogP contribution in [0.2, 0.25) is 0 Å². The van der Waals surface area contributed by atoms with Crippen molar-refractivity contribution in [1.82, 2.24) is 0 Å². The van der Waals surface area contributed by atoms with Crippen LogP contribution in [0.25, 0.3) is 0 Å². The molecule has 0 saturated heterocycles. The maximum Gasteiger partial charge on any atom is 0.180 e. The highest BCUT2D eigenvalue weighted by atomic mass is 19.1. The molecule has 1 N–H and O–H groups in total. The largest absolute Gasteiger partial charge is 0.396 e. The summed E-state index contributed by atoms with van der Waals surface area (Å²) in [5, 5.41) is 9.45. The number of methoxy groups -OCH3 is 1. The zero-order valence-electron chi connectivity index (χ0n) is 32.8. The Morgan fingerprint density at radius 2 is 0.902 bits per heavy atom. The molecule has 0 unspecified atom stereocenters. The monoisotopic (exact) mass is 726 g/mol. The quantitative estimate of drug-likeness (QED) is 0.0922. The summed E-state index contributed by atoms with van der Waals surface area (Å²) in [7, 11) is 1.70. The van der Waals surface area contributed by atoms with Crippen LogP contribution in [-0.4, -0.2) is 89.9 Å². The maximum absolute atomic E-state index is 13.2. The van der Waals surface area contributed by atoms with Gasteiger partial charge in [-0.15, -0.1) is 0 Å². The minimum atomic E-state index is -0.394. The molecule has 0 aliphatic heterocycles. The van der Waals surface area contributed by atoms with Gasteiger partial charge in [-0.3, -0.25) is 0 Å². The van der Waals surface area contributed by atoms with Crippen LogP contribution in [0.5, 0.6) is 0 Å². The van der Waals surface area contributed by atoms with E-state index in [1.165, 1.54) is 24.3 Å². The van der Waals surface area contributed by atoms with E-state index in [1.807, 2.05) is 52.0 Å². The summed E-state index contributed by atoms with van der Waals surface area (Å²) in [6, 6.07) is 13.3. The lowest BCUT2D eigenvalue weighted by Crippen LogP contribution is -2.35. The van der Waals surface area contributed by atoms with Crippen LogP contribution in [0.4, 0.5) is 8.78 Å². The fourth-order valence-corrected chi connectivity index (χ4v) is 6.02. The summed E-state index contributed by atoms with van der Waals surface area (Å²) in [6.07, 6.45) is 2.11. The molecular weight excluding hydrogens is 658 g/mol. The number of rotatable bonds is 27. The van der Waals surface area contributed by atoms with Gasteiger partial charge in [0.25, 0.3) is 0 Å². The average molecular weight is 727 g/mol. The molecule has 8 nitrogen and oxygen atoms in total. The van der Waals surface area contributed by atoms with Gasteiger partial charge in [0.2, 0.25) is 0 Å². The molecule has 0 bridgehead atoms. The van der Waals surface area contributed by atoms with Crippen LogP contribution < -0.4 is 0 Å². The molecule has 294 valence electrons. The zero-order valence-corrected chi connectivity index (χ0v) is 32.8. The Hall–Kier alpha value is -2.02. The number of hydrogen-bond acceptors (Lipinski definition) is 8. The van der Waals surface area contributed by atoms with Gasteiger partial charge in [-0.05, 0) is 112 Å². The molecule has 0 saturated carbocycles. The van der Waals surface area contributed by atoms with Crippen LogP contribution in [0, 0.1) is 35.3 Å². The van der Waals surface area contributed by atoms with Crippen molar-refractivity contribution in [1.29, 1.82) is 0 Å². The van der Waals surface area contributed by atoms with Gasteiger partial charge in [0.1, 0.15) is 11.6 Å². The topological polar surface area (TPSA) is 84.8 Å². The standard InChI is InChI=1S/C21H35FO4.C20H33FO4/c1-6-24-21(25-7-2)15-26-20(12-13-23-5)19(16(3)4)14-17-8-10-18(22)11-9-17;1-5-23-20(24-6-2)14-25-19(11-12-22)18(15(3)4)13-16-7-9-17(21)10-8-16/h8-11,16,19-21H,6-7,12-15H2,1-5H3;7-10,15,18-20,22H,5-6,11-14H2,1-4H3/t19-,20+;18-,19+/m00/s1. The van der Waals surface area contributed by atoms with E-state index in [9.17, 15) is 13.9 Å². The lowest BCUT2D eigenvalue weighted by Gasteiger charge is -2.31. The predicted octanol–water partition coefficient (Wildman–Crippen LogP) is 8.27. The molecule has 0 aliphatic rings. The van der Waals surface area contributed by atoms with Gasteiger partial charge >= 0.3 is 0 Å². The van der Waals surface area contributed by atoms with E-state index in [4.69, 9.17) is 33.2 Å². The fourth-order valence-electron chi connectivity index (χ4n) is 6.02. The van der Waals surface area contributed by atoms with Crippen molar-refractivity contribution in [3.63, 3.8) is 0 Å². The summed E-state index contributed by atoms with van der Waals surface area (Å²) in [5.41, 5.74) is 2.18. The van der Waals surface area contributed by atoms with E-state index in [0.29, 0.717) is 70.4 Å². The smallest absolute Gasteiger partial charge is 0.180 e. The summed E-state index contributed by atoms with van der Waals surface area (Å²) >= 11 is 0. The van der Waals surface area contributed by atoms with Crippen LogP contribution in [-0.2, 0) is 46.0 Å². The third-order valence-electron chi connectivity index (χ3n) is 8.76.